The van der Waals surface area contributed by atoms with Gasteiger partial charge in [0.1, 0.15) is 0 Å². The SMILES string of the molecule is CNC(C)(CCOC(C)CC(C)C)C(N)=O. The Morgan fingerprint density at radius 3 is 2.38 bits per heavy atom. The highest BCUT2D eigenvalue weighted by molar-refractivity contribution is 5.84. The van der Waals surface area contributed by atoms with Crippen LogP contribution in [0.15, 0.2) is 0 Å². The maximum atomic E-state index is 11.2. The van der Waals surface area contributed by atoms with Crippen LogP contribution in [0, 0.1) is 5.92 Å². The number of hydrogen-bond donors (Lipinski definition) is 2. The van der Waals surface area contributed by atoms with Crippen LogP contribution in [-0.4, -0.2) is 31.2 Å². The van der Waals surface area contributed by atoms with E-state index in [0.29, 0.717) is 18.9 Å². The van der Waals surface area contributed by atoms with Gasteiger partial charge in [-0.2, -0.15) is 0 Å². The quantitative estimate of drug-likeness (QED) is 0.660. The summed E-state index contributed by atoms with van der Waals surface area (Å²) in [4.78, 5) is 11.2. The van der Waals surface area contributed by atoms with Gasteiger partial charge in [0.25, 0.3) is 0 Å². The minimum absolute atomic E-state index is 0.231. The predicted octanol–water partition coefficient (Wildman–Crippen LogP) is 1.29. The summed E-state index contributed by atoms with van der Waals surface area (Å²) < 4.78 is 5.65. The Kier molecular flexibility index (Phi) is 6.60. The Morgan fingerprint density at radius 1 is 1.44 bits per heavy atom. The molecule has 0 aliphatic rings. The van der Waals surface area contributed by atoms with Gasteiger partial charge in [0.05, 0.1) is 11.6 Å². The fourth-order valence-corrected chi connectivity index (χ4v) is 1.57. The maximum absolute atomic E-state index is 11.2. The van der Waals surface area contributed by atoms with Crippen LogP contribution in [0.25, 0.3) is 0 Å². The molecular formula is C12H26N2O2. The van der Waals surface area contributed by atoms with Gasteiger partial charge in [0.15, 0.2) is 0 Å². The summed E-state index contributed by atoms with van der Waals surface area (Å²) in [7, 11) is 1.74. The molecule has 0 aromatic carbocycles. The van der Waals surface area contributed by atoms with Gasteiger partial charge in [-0.15, -0.1) is 0 Å². The lowest BCUT2D eigenvalue weighted by Gasteiger charge is -2.26. The molecule has 0 aromatic heterocycles. The highest BCUT2D eigenvalue weighted by atomic mass is 16.5. The molecule has 0 bridgehead atoms. The van der Waals surface area contributed by atoms with E-state index in [0.717, 1.165) is 6.42 Å². The van der Waals surface area contributed by atoms with Gasteiger partial charge in [-0.25, -0.2) is 0 Å². The number of hydrogen-bond acceptors (Lipinski definition) is 3. The molecule has 16 heavy (non-hydrogen) atoms. The molecule has 0 aliphatic carbocycles. The van der Waals surface area contributed by atoms with Gasteiger partial charge in [0.2, 0.25) is 5.91 Å². The topological polar surface area (TPSA) is 64.3 Å². The molecule has 4 heteroatoms. The van der Waals surface area contributed by atoms with Gasteiger partial charge in [-0.3, -0.25) is 4.79 Å². The number of rotatable bonds is 8. The van der Waals surface area contributed by atoms with E-state index in [2.05, 4.69) is 26.1 Å². The van der Waals surface area contributed by atoms with E-state index in [4.69, 9.17) is 10.5 Å². The Balaban J connectivity index is 3.92. The second-order valence-corrected chi connectivity index (χ2v) is 5.01. The summed E-state index contributed by atoms with van der Waals surface area (Å²) in [5.41, 5.74) is 4.65. The minimum Gasteiger partial charge on any atom is -0.378 e. The Hall–Kier alpha value is -0.610. The number of nitrogens with one attached hydrogen (secondary N) is 1. The van der Waals surface area contributed by atoms with Crippen molar-refractivity contribution in [1.29, 1.82) is 0 Å². The fraction of sp³-hybridized carbons (Fsp3) is 0.917. The van der Waals surface area contributed by atoms with Crippen molar-refractivity contribution in [3.63, 3.8) is 0 Å². The molecule has 0 saturated heterocycles. The summed E-state index contributed by atoms with van der Waals surface area (Å²) >= 11 is 0. The predicted molar refractivity (Wildman–Crippen MR) is 66.1 cm³/mol. The van der Waals surface area contributed by atoms with Crippen LogP contribution in [-0.2, 0) is 9.53 Å². The molecule has 0 rings (SSSR count). The van der Waals surface area contributed by atoms with E-state index in [1.165, 1.54) is 0 Å². The Bertz CT molecular complexity index is 219. The van der Waals surface area contributed by atoms with Crippen molar-refractivity contribution in [2.75, 3.05) is 13.7 Å². The third kappa shape index (κ3) is 5.47. The number of carbonyl (C=O) groups is 1. The van der Waals surface area contributed by atoms with Crippen LogP contribution < -0.4 is 11.1 Å². The van der Waals surface area contributed by atoms with Crippen LogP contribution >= 0.6 is 0 Å². The zero-order chi connectivity index (χ0) is 12.8. The maximum Gasteiger partial charge on any atom is 0.237 e. The molecule has 0 radical (unpaired) electrons. The van der Waals surface area contributed by atoms with E-state index < -0.39 is 5.54 Å². The smallest absolute Gasteiger partial charge is 0.237 e. The van der Waals surface area contributed by atoms with Crippen molar-refractivity contribution in [3.8, 4) is 0 Å². The van der Waals surface area contributed by atoms with Crippen LogP contribution in [0.2, 0.25) is 0 Å². The molecule has 2 atom stereocenters. The summed E-state index contributed by atoms with van der Waals surface area (Å²) in [6.45, 7) is 8.74. The second-order valence-electron chi connectivity index (χ2n) is 5.01. The molecule has 3 N–H and O–H groups in total. The molecule has 0 spiro atoms. The second kappa shape index (κ2) is 6.86. The molecule has 0 aromatic rings. The van der Waals surface area contributed by atoms with Crippen molar-refractivity contribution >= 4 is 5.91 Å². The Labute approximate surface area is 98.9 Å². The lowest BCUT2D eigenvalue weighted by Crippen LogP contribution is -2.52. The molecule has 96 valence electrons. The first-order chi connectivity index (χ1) is 7.31. The van der Waals surface area contributed by atoms with Crippen molar-refractivity contribution in [1.82, 2.24) is 5.32 Å². The van der Waals surface area contributed by atoms with E-state index in [9.17, 15) is 4.79 Å². The lowest BCUT2D eigenvalue weighted by atomic mass is 9.98. The minimum atomic E-state index is -0.669. The van der Waals surface area contributed by atoms with Crippen molar-refractivity contribution in [2.45, 2.75) is 52.2 Å². The van der Waals surface area contributed by atoms with Crippen molar-refractivity contribution in [3.05, 3.63) is 0 Å². The number of primary amides is 1. The standard InChI is InChI=1S/C12H26N2O2/c1-9(2)8-10(3)16-7-6-12(4,14-5)11(13)15/h9-10,14H,6-8H2,1-5H3,(H2,13,15). The average molecular weight is 230 g/mol. The normalized spacial score (nSPS) is 17.1. The van der Waals surface area contributed by atoms with Crippen molar-refractivity contribution < 1.29 is 9.53 Å². The van der Waals surface area contributed by atoms with E-state index in [1.54, 1.807) is 14.0 Å². The summed E-state index contributed by atoms with van der Waals surface area (Å²) in [6, 6.07) is 0. The average Bonchev–Trinajstić information content (AvgIpc) is 2.15. The summed E-state index contributed by atoms with van der Waals surface area (Å²) in [5, 5.41) is 2.94. The van der Waals surface area contributed by atoms with E-state index in [-0.39, 0.29) is 12.0 Å². The molecule has 0 saturated carbocycles. The molecule has 1 amide bonds. The molecule has 0 fully saturated rings. The van der Waals surface area contributed by atoms with E-state index in [1.807, 2.05) is 0 Å². The van der Waals surface area contributed by atoms with E-state index >= 15 is 0 Å². The first-order valence-corrected chi connectivity index (χ1v) is 5.92. The third-order valence-corrected chi connectivity index (χ3v) is 2.90. The molecule has 0 heterocycles. The van der Waals surface area contributed by atoms with Gasteiger partial charge >= 0.3 is 0 Å². The zero-order valence-electron chi connectivity index (χ0n) is 11.2. The van der Waals surface area contributed by atoms with Crippen LogP contribution in [0.4, 0.5) is 0 Å². The zero-order valence-corrected chi connectivity index (χ0v) is 11.2. The third-order valence-electron chi connectivity index (χ3n) is 2.90. The summed E-state index contributed by atoms with van der Waals surface area (Å²) in [6.07, 6.45) is 1.86. The number of likely N-dealkylation sites (N-methyl/N-ethyl adjacent to an activating group) is 1. The first-order valence-electron chi connectivity index (χ1n) is 5.92. The first kappa shape index (κ1) is 15.4. The summed E-state index contributed by atoms with van der Waals surface area (Å²) in [5.74, 6) is 0.289. The van der Waals surface area contributed by atoms with Crippen LogP contribution in [0.3, 0.4) is 0 Å². The van der Waals surface area contributed by atoms with Gasteiger partial charge in [-0.1, -0.05) is 13.8 Å². The molecule has 2 unspecified atom stereocenters. The number of amides is 1. The van der Waals surface area contributed by atoms with Gasteiger partial charge in [-0.05, 0) is 39.7 Å². The molecular weight excluding hydrogens is 204 g/mol. The highest BCUT2D eigenvalue weighted by Crippen LogP contribution is 2.12. The van der Waals surface area contributed by atoms with Crippen LogP contribution in [0.5, 0.6) is 0 Å². The van der Waals surface area contributed by atoms with Crippen LogP contribution in [0.1, 0.15) is 40.5 Å². The largest absolute Gasteiger partial charge is 0.378 e. The fourth-order valence-electron chi connectivity index (χ4n) is 1.57. The number of ether oxygens (including phenoxy) is 1. The lowest BCUT2D eigenvalue weighted by molar-refractivity contribution is -0.124. The molecule has 0 aliphatic heterocycles. The van der Waals surface area contributed by atoms with Crippen molar-refractivity contribution in [2.24, 2.45) is 11.7 Å². The molecule has 4 nitrogen and oxygen atoms in total. The van der Waals surface area contributed by atoms with Gasteiger partial charge in [0, 0.05) is 6.61 Å². The highest BCUT2D eigenvalue weighted by Gasteiger charge is 2.28. The monoisotopic (exact) mass is 230 g/mol. The number of carbonyl (C=O) groups excluding carboxylic acids is 1. The van der Waals surface area contributed by atoms with Gasteiger partial charge < -0.3 is 15.8 Å². The number of nitrogens with two attached hydrogens (primary N) is 1. The Morgan fingerprint density at radius 2 is 2.00 bits per heavy atom.